The van der Waals surface area contributed by atoms with E-state index in [9.17, 15) is 4.79 Å². The highest BCUT2D eigenvalue weighted by Crippen LogP contribution is 2.23. The third-order valence-corrected chi connectivity index (χ3v) is 3.37. The van der Waals surface area contributed by atoms with Gasteiger partial charge in [-0.05, 0) is 24.6 Å². The van der Waals surface area contributed by atoms with Crippen molar-refractivity contribution in [1.29, 1.82) is 0 Å². The molecule has 0 bridgehead atoms. The molecule has 0 atom stereocenters. The molecule has 100 valence electrons. The van der Waals surface area contributed by atoms with Gasteiger partial charge in [-0.15, -0.1) is 0 Å². The van der Waals surface area contributed by atoms with Crippen LogP contribution in [0.25, 0.3) is 11.0 Å². The van der Waals surface area contributed by atoms with E-state index in [1.54, 1.807) is 0 Å². The van der Waals surface area contributed by atoms with E-state index in [0.717, 1.165) is 23.0 Å². The molecule has 2 aromatic carbocycles. The lowest BCUT2D eigenvalue weighted by Gasteiger charge is -2.02. The summed E-state index contributed by atoms with van der Waals surface area (Å²) in [5, 5.41) is 0.850. The molecule has 0 fully saturated rings. The molecule has 0 aliphatic rings. The average Bonchev–Trinajstić information content (AvgIpc) is 2.92. The minimum absolute atomic E-state index is 0.0192. The lowest BCUT2D eigenvalue weighted by Crippen LogP contribution is -2.04. The smallest absolute Gasteiger partial charge is 0.196 e. The summed E-state index contributed by atoms with van der Waals surface area (Å²) in [5.41, 5.74) is 8.66. The van der Waals surface area contributed by atoms with Crippen LogP contribution in [-0.2, 0) is 6.42 Å². The van der Waals surface area contributed by atoms with Crippen LogP contribution in [0.1, 0.15) is 21.5 Å². The SMILES string of the molecule is NCCc1ccc(C(=O)c2coc3ccccc23)cc1. The maximum atomic E-state index is 12.5. The first-order chi connectivity index (χ1) is 9.79. The zero-order valence-corrected chi connectivity index (χ0v) is 11.0. The third-order valence-electron chi connectivity index (χ3n) is 3.37. The Kier molecular flexibility index (Phi) is 3.35. The largest absolute Gasteiger partial charge is 0.464 e. The molecule has 1 aromatic heterocycles. The first-order valence-electron chi connectivity index (χ1n) is 6.59. The van der Waals surface area contributed by atoms with Crippen molar-refractivity contribution in [2.45, 2.75) is 6.42 Å². The molecule has 20 heavy (non-hydrogen) atoms. The molecule has 3 nitrogen and oxygen atoms in total. The van der Waals surface area contributed by atoms with Crippen LogP contribution in [0.15, 0.2) is 59.2 Å². The fourth-order valence-corrected chi connectivity index (χ4v) is 2.30. The number of para-hydroxylation sites is 1. The van der Waals surface area contributed by atoms with Crippen molar-refractivity contribution in [1.82, 2.24) is 0 Å². The van der Waals surface area contributed by atoms with Crippen molar-refractivity contribution in [3.05, 3.63) is 71.5 Å². The summed E-state index contributed by atoms with van der Waals surface area (Å²) < 4.78 is 5.42. The number of rotatable bonds is 4. The van der Waals surface area contributed by atoms with E-state index in [1.165, 1.54) is 6.26 Å². The Morgan fingerprint density at radius 2 is 1.80 bits per heavy atom. The molecular formula is C17H15NO2. The van der Waals surface area contributed by atoms with Crippen molar-refractivity contribution in [3.8, 4) is 0 Å². The summed E-state index contributed by atoms with van der Waals surface area (Å²) in [6.07, 6.45) is 2.35. The van der Waals surface area contributed by atoms with Gasteiger partial charge in [-0.1, -0.05) is 42.5 Å². The number of benzene rings is 2. The van der Waals surface area contributed by atoms with Crippen molar-refractivity contribution < 1.29 is 9.21 Å². The average molecular weight is 265 g/mol. The molecular weight excluding hydrogens is 250 g/mol. The third kappa shape index (κ3) is 2.24. The van der Waals surface area contributed by atoms with Crippen molar-refractivity contribution in [3.63, 3.8) is 0 Å². The number of hydrogen-bond donors (Lipinski definition) is 1. The quantitative estimate of drug-likeness (QED) is 0.737. The van der Waals surface area contributed by atoms with Gasteiger partial charge in [0.15, 0.2) is 5.78 Å². The maximum Gasteiger partial charge on any atom is 0.196 e. The Balaban J connectivity index is 1.95. The fourth-order valence-electron chi connectivity index (χ4n) is 2.30. The molecule has 0 aliphatic heterocycles. The number of hydrogen-bond acceptors (Lipinski definition) is 3. The van der Waals surface area contributed by atoms with E-state index < -0.39 is 0 Å². The van der Waals surface area contributed by atoms with Gasteiger partial charge in [0.2, 0.25) is 0 Å². The summed E-state index contributed by atoms with van der Waals surface area (Å²) in [6, 6.07) is 15.1. The Morgan fingerprint density at radius 1 is 1.05 bits per heavy atom. The van der Waals surface area contributed by atoms with E-state index in [2.05, 4.69) is 0 Å². The molecule has 0 spiro atoms. The first-order valence-corrected chi connectivity index (χ1v) is 6.59. The summed E-state index contributed by atoms with van der Waals surface area (Å²) in [6.45, 7) is 0.611. The Labute approximate surface area is 117 Å². The van der Waals surface area contributed by atoms with E-state index in [1.807, 2.05) is 48.5 Å². The standard InChI is InChI=1S/C17H15NO2/c18-10-9-12-5-7-13(8-6-12)17(19)15-11-20-16-4-2-1-3-14(15)16/h1-8,11H,9-10,18H2. The van der Waals surface area contributed by atoms with E-state index in [0.29, 0.717) is 17.7 Å². The maximum absolute atomic E-state index is 12.5. The van der Waals surface area contributed by atoms with Gasteiger partial charge in [-0.2, -0.15) is 0 Å². The van der Waals surface area contributed by atoms with E-state index >= 15 is 0 Å². The molecule has 2 N–H and O–H groups in total. The zero-order valence-electron chi connectivity index (χ0n) is 11.0. The van der Waals surface area contributed by atoms with Gasteiger partial charge in [0.1, 0.15) is 11.8 Å². The van der Waals surface area contributed by atoms with Crippen LogP contribution in [0.3, 0.4) is 0 Å². The summed E-state index contributed by atoms with van der Waals surface area (Å²) in [5.74, 6) is -0.0192. The molecule has 0 unspecified atom stereocenters. The predicted molar refractivity (Wildman–Crippen MR) is 78.8 cm³/mol. The second-order valence-corrected chi connectivity index (χ2v) is 4.71. The van der Waals surface area contributed by atoms with Crippen molar-refractivity contribution in [2.24, 2.45) is 5.73 Å². The number of carbonyl (C=O) groups excluding carboxylic acids is 1. The van der Waals surface area contributed by atoms with E-state index in [4.69, 9.17) is 10.2 Å². The molecule has 3 aromatic rings. The minimum atomic E-state index is -0.0192. The number of furan rings is 1. The molecule has 0 aliphatic carbocycles. The Morgan fingerprint density at radius 3 is 2.55 bits per heavy atom. The van der Waals surface area contributed by atoms with Crippen LogP contribution in [0.4, 0.5) is 0 Å². The Bertz CT molecular complexity index is 741. The number of carbonyl (C=O) groups is 1. The van der Waals surface area contributed by atoms with Gasteiger partial charge in [-0.3, -0.25) is 4.79 Å². The fraction of sp³-hybridized carbons (Fsp3) is 0.118. The molecule has 0 saturated heterocycles. The van der Waals surface area contributed by atoms with Gasteiger partial charge in [0.05, 0.1) is 5.56 Å². The minimum Gasteiger partial charge on any atom is -0.464 e. The lowest BCUT2D eigenvalue weighted by atomic mass is 10.0. The normalized spacial score (nSPS) is 10.8. The summed E-state index contributed by atoms with van der Waals surface area (Å²) in [4.78, 5) is 12.5. The topological polar surface area (TPSA) is 56.2 Å². The molecule has 0 amide bonds. The van der Waals surface area contributed by atoms with Gasteiger partial charge >= 0.3 is 0 Å². The van der Waals surface area contributed by atoms with Crippen LogP contribution in [0.2, 0.25) is 0 Å². The second kappa shape index (κ2) is 5.31. The molecule has 3 heteroatoms. The number of fused-ring (bicyclic) bond motifs is 1. The van der Waals surface area contributed by atoms with Crippen LogP contribution in [-0.4, -0.2) is 12.3 Å². The van der Waals surface area contributed by atoms with Crippen LogP contribution in [0.5, 0.6) is 0 Å². The predicted octanol–water partition coefficient (Wildman–Crippen LogP) is 3.17. The van der Waals surface area contributed by atoms with Crippen molar-refractivity contribution >= 4 is 16.8 Å². The van der Waals surface area contributed by atoms with Gasteiger partial charge < -0.3 is 10.2 Å². The lowest BCUT2D eigenvalue weighted by molar-refractivity contribution is 0.103. The molecule has 0 radical (unpaired) electrons. The highest BCUT2D eigenvalue weighted by molar-refractivity contribution is 6.15. The molecule has 0 saturated carbocycles. The van der Waals surface area contributed by atoms with Gasteiger partial charge in [-0.25, -0.2) is 0 Å². The summed E-state index contributed by atoms with van der Waals surface area (Å²) >= 11 is 0. The Hall–Kier alpha value is -2.39. The van der Waals surface area contributed by atoms with Gasteiger partial charge in [0, 0.05) is 10.9 Å². The highest BCUT2D eigenvalue weighted by atomic mass is 16.3. The molecule has 3 rings (SSSR count). The van der Waals surface area contributed by atoms with Crippen LogP contribution >= 0.6 is 0 Å². The monoisotopic (exact) mass is 265 g/mol. The van der Waals surface area contributed by atoms with Crippen molar-refractivity contribution in [2.75, 3.05) is 6.54 Å². The first kappa shape index (κ1) is 12.6. The summed E-state index contributed by atoms with van der Waals surface area (Å²) in [7, 11) is 0. The number of nitrogens with two attached hydrogens (primary N) is 1. The van der Waals surface area contributed by atoms with Crippen LogP contribution < -0.4 is 5.73 Å². The van der Waals surface area contributed by atoms with Crippen LogP contribution in [0, 0.1) is 0 Å². The zero-order chi connectivity index (χ0) is 13.9. The highest BCUT2D eigenvalue weighted by Gasteiger charge is 2.15. The second-order valence-electron chi connectivity index (χ2n) is 4.71. The van der Waals surface area contributed by atoms with E-state index in [-0.39, 0.29) is 5.78 Å². The number of ketones is 1. The van der Waals surface area contributed by atoms with Gasteiger partial charge in [0.25, 0.3) is 0 Å². The molecule has 1 heterocycles.